The van der Waals surface area contributed by atoms with Gasteiger partial charge in [0.15, 0.2) is 0 Å². The highest BCUT2D eigenvalue weighted by Crippen LogP contribution is 2.29. The molecule has 1 atom stereocenters. The van der Waals surface area contributed by atoms with Crippen LogP contribution >= 0.6 is 12.4 Å². The van der Waals surface area contributed by atoms with Crippen LogP contribution in [0.25, 0.3) is 0 Å². The summed E-state index contributed by atoms with van der Waals surface area (Å²) in [5.74, 6) is 0.0457. The van der Waals surface area contributed by atoms with Gasteiger partial charge in [0.2, 0.25) is 0 Å². The van der Waals surface area contributed by atoms with Crippen LogP contribution < -0.4 is 0 Å². The summed E-state index contributed by atoms with van der Waals surface area (Å²) in [5, 5.41) is 10.9. The predicted octanol–water partition coefficient (Wildman–Crippen LogP) is 4.09. The number of benzene rings is 2. The van der Waals surface area contributed by atoms with E-state index in [1.54, 1.807) is 0 Å². The van der Waals surface area contributed by atoms with Gasteiger partial charge in [0.25, 0.3) is 0 Å². The van der Waals surface area contributed by atoms with Crippen LogP contribution in [0.3, 0.4) is 0 Å². The Hall–Kier alpha value is -1.35. The van der Waals surface area contributed by atoms with Crippen molar-refractivity contribution >= 4 is 12.4 Å². The van der Waals surface area contributed by atoms with Gasteiger partial charge in [0, 0.05) is 12.5 Å². The molecule has 1 N–H and O–H groups in total. The number of nitrogens with zero attached hydrogens (tertiary/aromatic N) is 1. The fourth-order valence-corrected chi connectivity index (χ4v) is 3.47. The SMILES string of the molecule is Cl.OC(CN1CCCCC1)C(c1ccccc1)c1ccccc1. The Morgan fingerprint density at radius 2 is 1.26 bits per heavy atom. The molecule has 1 aliphatic rings. The van der Waals surface area contributed by atoms with Crippen LogP contribution in [0, 0.1) is 0 Å². The fourth-order valence-electron chi connectivity index (χ4n) is 3.47. The molecule has 23 heavy (non-hydrogen) atoms. The highest BCUT2D eigenvalue weighted by molar-refractivity contribution is 5.85. The number of β-amino-alcohol motifs (C(OH)–C–C–N with tert-alkyl or cyclic N) is 1. The second kappa shape index (κ2) is 9.07. The quantitative estimate of drug-likeness (QED) is 0.892. The third-order valence-electron chi connectivity index (χ3n) is 4.60. The van der Waals surface area contributed by atoms with Gasteiger partial charge in [0.05, 0.1) is 6.10 Å². The van der Waals surface area contributed by atoms with Crippen molar-refractivity contribution < 1.29 is 5.11 Å². The van der Waals surface area contributed by atoms with E-state index in [0.717, 1.165) is 19.6 Å². The molecule has 1 aliphatic heterocycles. The number of likely N-dealkylation sites (tertiary alicyclic amines) is 1. The van der Waals surface area contributed by atoms with Crippen molar-refractivity contribution in [3.8, 4) is 0 Å². The standard InChI is InChI=1S/C20H25NO.ClH/c22-19(16-21-14-8-3-9-15-21)20(17-10-4-1-5-11-17)18-12-6-2-7-13-18;/h1-2,4-7,10-13,19-20,22H,3,8-9,14-16H2;1H. The van der Waals surface area contributed by atoms with Gasteiger partial charge in [-0.3, -0.25) is 0 Å². The van der Waals surface area contributed by atoms with Gasteiger partial charge in [-0.2, -0.15) is 0 Å². The summed E-state index contributed by atoms with van der Waals surface area (Å²) in [6.07, 6.45) is 3.47. The molecular formula is C20H26ClNO. The van der Waals surface area contributed by atoms with Crippen molar-refractivity contribution in [1.29, 1.82) is 0 Å². The summed E-state index contributed by atoms with van der Waals surface area (Å²) in [6.45, 7) is 3.00. The Morgan fingerprint density at radius 1 is 0.783 bits per heavy atom. The van der Waals surface area contributed by atoms with Gasteiger partial charge in [-0.1, -0.05) is 67.1 Å². The highest BCUT2D eigenvalue weighted by Gasteiger charge is 2.25. The lowest BCUT2D eigenvalue weighted by molar-refractivity contribution is 0.0894. The van der Waals surface area contributed by atoms with Crippen molar-refractivity contribution in [2.45, 2.75) is 31.3 Å². The largest absolute Gasteiger partial charge is 0.391 e. The molecule has 0 aromatic heterocycles. The molecule has 3 rings (SSSR count). The van der Waals surface area contributed by atoms with Crippen molar-refractivity contribution in [1.82, 2.24) is 4.90 Å². The van der Waals surface area contributed by atoms with Gasteiger partial charge < -0.3 is 10.0 Å². The monoisotopic (exact) mass is 331 g/mol. The second-order valence-corrected chi connectivity index (χ2v) is 6.23. The number of rotatable bonds is 5. The maximum atomic E-state index is 10.9. The Kier molecular flexibility index (Phi) is 7.10. The first kappa shape index (κ1) is 18.0. The van der Waals surface area contributed by atoms with E-state index in [9.17, 15) is 5.11 Å². The van der Waals surface area contributed by atoms with Crippen LogP contribution in [0.5, 0.6) is 0 Å². The van der Waals surface area contributed by atoms with Crippen molar-refractivity contribution in [2.75, 3.05) is 19.6 Å². The molecule has 0 saturated carbocycles. The Labute approximate surface area is 145 Å². The Balaban J connectivity index is 0.00000192. The zero-order valence-corrected chi connectivity index (χ0v) is 14.3. The zero-order chi connectivity index (χ0) is 15.2. The Bertz CT molecular complexity index is 515. The van der Waals surface area contributed by atoms with Gasteiger partial charge >= 0.3 is 0 Å². The van der Waals surface area contributed by atoms with Crippen LogP contribution in [0.4, 0.5) is 0 Å². The molecule has 1 saturated heterocycles. The zero-order valence-electron chi connectivity index (χ0n) is 13.5. The number of hydrogen-bond donors (Lipinski definition) is 1. The predicted molar refractivity (Wildman–Crippen MR) is 98.3 cm³/mol. The number of hydrogen-bond acceptors (Lipinski definition) is 2. The summed E-state index contributed by atoms with van der Waals surface area (Å²) in [4.78, 5) is 2.41. The smallest absolute Gasteiger partial charge is 0.0776 e. The molecule has 2 aromatic rings. The molecule has 0 aliphatic carbocycles. The van der Waals surface area contributed by atoms with Gasteiger partial charge in [0.1, 0.15) is 0 Å². The lowest BCUT2D eigenvalue weighted by Crippen LogP contribution is -2.39. The van der Waals surface area contributed by atoms with E-state index in [1.165, 1.54) is 30.4 Å². The molecule has 1 heterocycles. The average molecular weight is 332 g/mol. The molecule has 1 unspecified atom stereocenters. The van der Waals surface area contributed by atoms with E-state index in [0.29, 0.717) is 0 Å². The van der Waals surface area contributed by atoms with E-state index < -0.39 is 0 Å². The maximum absolute atomic E-state index is 10.9. The Morgan fingerprint density at radius 3 is 1.74 bits per heavy atom. The summed E-state index contributed by atoms with van der Waals surface area (Å²) in [6, 6.07) is 20.8. The molecule has 0 amide bonds. The van der Waals surface area contributed by atoms with Gasteiger partial charge in [-0.15, -0.1) is 12.4 Å². The van der Waals surface area contributed by atoms with Crippen LogP contribution in [0.2, 0.25) is 0 Å². The molecule has 3 heteroatoms. The van der Waals surface area contributed by atoms with Crippen molar-refractivity contribution in [3.05, 3.63) is 71.8 Å². The van der Waals surface area contributed by atoms with E-state index in [4.69, 9.17) is 0 Å². The minimum atomic E-state index is -0.372. The van der Waals surface area contributed by atoms with Crippen LogP contribution in [-0.2, 0) is 0 Å². The lowest BCUT2D eigenvalue weighted by atomic mass is 9.86. The van der Waals surface area contributed by atoms with Crippen molar-refractivity contribution in [2.24, 2.45) is 0 Å². The molecule has 0 spiro atoms. The van der Waals surface area contributed by atoms with E-state index in [1.807, 2.05) is 12.1 Å². The van der Waals surface area contributed by atoms with Gasteiger partial charge in [-0.05, 0) is 37.1 Å². The van der Waals surface area contributed by atoms with Crippen LogP contribution in [0.1, 0.15) is 36.3 Å². The molecular weight excluding hydrogens is 306 g/mol. The lowest BCUT2D eigenvalue weighted by Gasteiger charge is -2.32. The topological polar surface area (TPSA) is 23.5 Å². The normalized spacial score (nSPS) is 16.8. The molecule has 2 nitrogen and oxygen atoms in total. The number of aliphatic hydroxyl groups excluding tert-OH is 1. The minimum absolute atomic E-state index is 0. The number of aliphatic hydroxyl groups is 1. The van der Waals surface area contributed by atoms with Crippen LogP contribution in [0.15, 0.2) is 60.7 Å². The minimum Gasteiger partial charge on any atom is -0.391 e. The third kappa shape index (κ3) is 4.81. The third-order valence-corrected chi connectivity index (χ3v) is 4.60. The van der Waals surface area contributed by atoms with E-state index >= 15 is 0 Å². The van der Waals surface area contributed by atoms with E-state index in [-0.39, 0.29) is 24.4 Å². The maximum Gasteiger partial charge on any atom is 0.0776 e. The van der Waals surface area contributed by atoms with Crippen molar-refractivity contribution in [3.63, 3.8) is 0 Å². The van der Waals surface area contributed by atoms with Crippen LogP contribution in [-0.4, -0.2) is 35.7 Å². The molecule has 124 valence electrons. The number of halogens is 1. The first-order valence-electron chi connectivity index (χ1n) is 8.35. The summed E-state index contributed by atoms with van der Waals surface area (Å²) in [7, 11) is 0. The summed E-state index contributed by atoms with van der Waals surface area (Å²) in [5.41, 5.74) is 2.39. The summed E-state index contributed by atoms with van der Waals surface area (Å²) < 4.78 is 0. The summed E-state index contributed by atoms with van der Waals surface area (Å²) >= 11 is 0. The average Bonchev–Trinajstić information content (AvgIpc) is 2.58. The van der Waals surface area contributed by atoms with E-state index in [2.05, 4.69) is 53.4 Å². The second-order valence-electron chi connectivity index (χ2n) is 6.23. The fraction of sp³-hybridized carbons (Fsp3) is 0.400. The first-order chi connectivity index (χ1) is 10.8. The molecule has 1 fully saturated rings. The molecule has 2 aromatic carbocycles. The first-order valence-corrected chi connectivity index (χ1v) is 8.35. The highest BCUT2D eigenvalue weighted by atomic mass is 35.5. The molecule has 0 bridgehead atoms. The molecule has 0 radical (unpaired) electrons. The number of piperidine rings is 1. The van der Waals surface area contributed by atoms with Gasteiger partial charge in [-0.25, -0.2) is 0 Å².